The molecule has 2 aliphatic rings. The van der Waals surface area contributed by atoms with Crippen molar-refractivity contribution in [3.05, 3.63) is 47.7 Å². The van der Waals surface area contributed by atoms with Crippen LogP contribution in [0.5, 0.6) is 5.75 Å². The molecule has 1 aliphatic carbocycles. The van der Waals surface area contributed by atoms with Crippen LogP contribution >= 0.6 is 0 Å². The standard InChI is InChI=1S/C21H26FN3O4/c22-17-10-23-20-8-13-3-1-5-15(7-13)28-11-18(26)19(27)12-29-16-6-2-4-14(9-16)24-21(17)25-20/h1,3,5,7,10,14,16,18-19,26-27H,2,4,6,8-9,11-12H2,(H,23,24,25)/t14?,16?,18-,19+/m0/s1. The van der Waals surface area contributed by atoms with Gasteiger partial charge in [-0.1, -0.05) is 12.1 Å². The summed E-state index contributed by atoms with van der Waals surface area (Å²) >= 11 is 0. The largest absolute Gasteiger partial charge is 0.491 e. The Morgan fingerprint density at radius 2 is 2.00 bits per heavy atom. The number of nitrogens with zero attached hydrogens (tertiary/aromatic N) is 2. The molecule has 1 aromatic carbocycles. The molecule has 2 aromatic rings. The minimum absolute atomic E-state index is 0.0218. The smallest absolute Gasteiger partial charge is 0.183 e. The van der Waals surface area contributed by atoms with Crippen LogP contribution < -0.4 is 10.1 Å². The first-order chi connectivity index (χ1) is 14.1. The Hall–Kier alpha value is -2.29. The molecule has 2 unspecified atom stereocenters. The third kappa shape index (κ3) is 5.20. The van der Waals surface area contributed by atoms with Crippen LogP contribution in [0.15, 0.2) is 30.5 Å². The molecule has 8 heteroatoms. The van der Waals surface area contributed by atoms with E-state index in [1.807, 2.05) is 18.2 Å². The number of aliphatic hydroxyl groups excluding tert-OH is 2. The van der Waals surface area contributed by atoms with Gasteiger partial charge in [-0.3, -0.25) is 0 Å². The number of anilines is 1. The molecule has 0 amide bonds. The molecule has 1 aromatic heterocycles. The van der Waals surface area contributed by atoms with Crippen molar-refractivity contribution >= 4 is 5.82 Å². The first-order valence-electron chi connectivity index (χ1n) is 10.0. The number of rotatable bonds is 0. The molecular weight excluding hydrogens is 377 g/mol. The SMILES string of the molecule is O[C@@H]1COC2CCCC(C2)Nc2nc(ncc2F)Cc2cccc(c2)OC[C@@H]1O. The van der Waals surface area contributed by atoms with Crippen molar-refractivity contribution < 1.29 is 24.1 Å². The fourth-order valence-electron chi connectivity index (χ4n) is 3.78. The van der Waals surface area contributed by atoms with Crippen molar-refractivity contribution in [1.29, 1.82) is 0 Å². The molecular formula is C21H26FN3O4. The molecule has 2 heterocycles. The number of ether oxygens (including phenoxy) is 2. The molecule has 0 spiro atoms. The lowest BCUT2D eigenvalue weighted by atomic mass is 9.92. The van der Waals surface area contributed by atoms with E-state index in [0.29, 0.717) is 24.4 Å². The average molecular weight is 403 g/mol. The van der Waals surface area contributed by atoms with Crippen molar-refractivity contribution in [2.75, 3.05) is 18.5 Å². The monoisotopic (exact) mass is 403 g/mol. The zero-order valence-corrected chi connectivity index (χ0v) is 16.1. The number of fused-ring (bicyclic) bond motifs is 6. The topological polar surface area (TPSA) is 96.7 Å². The lowest BCUT2D eigenvalue weighted by molar-refractivity contribution is -0.0783. The van der Waals surface area contributed by atoms with Gasteiger partial charge in [0.05, 0.1) is 18.9 Å². The minimum atomic E-state index is -1.06. The number of hydrogen-bond acceptors (Lipinski definition) is 7. The highest BCUT2D eigenvalue weighted by molar-refractivity contribution is 5.38. The Morgan fingerprint density at radius 1 is 1.14 bits per heavy atom. The summed E-state index contributed by atoms with van der Waals surface area (Å²) < 4.78 is 25.7. The van der Waals surface area contributed by atoms with Gasteiger partial charge in [0.1, 0.15) is 30.4 Å². The van der Waals surface area contributed by atoms with Gasteiger partial charge in [-0.25, -0.2) is 14.4 Å². The quantitative estimate of drug-likeness (QED) is 0.620. The maximum absolute atomic E-state index is 14.3. The summed E-state index contributed by atoms with van der Waals surface area (Å²) in [5.41, 5.74) is 0.903. The summed E-state index contributed by atoms with van der Waals surface area (Å²) in [7, 11) is 0. The fraction of sp³-hybridized carbons (Fsp3) is 0.524. The average Bonchev–Trinajstić information content (AvgIpc) is 2.73. The van der Waals surface area contributed by atoms with E-state index in [0.717, 1.165) is 24.8 Å². The van der Waals surface area contributed by atoms with E-state index in [2.05, 4.69) is 15.3 Å². The predicted octanol–water partition coefficient (Wildman–Crippen LogP) is 2.06. The molecule has 1 aliphatic heterocycles. The second kappa shape index (κ2) is 9.02. The summed E-state index contributed by atoms with van der Waals surface area (Å²) in [6.45, 7) is -0.0198. The molecule has 0 saturated heterocycles. The Bertz CT molecular complexity index is 837. The number of aromatic nitrogens is 2. The van der Waals surface area contributed by atoms with Crippen LogP contribution in [0.25, 0.3) is 0 Å². The van der Waals surface area contributed by atoms with Crippen LogP contribution in [0, 0.1) is 5.82 Å². The van der Waals surface area contributed by atoms with E-state index >= 15 is 0 Å². The number of nitrogens with one attached hydrogen (secondary N) is 1. The van der Waals surface area contributed by atoms with Gasteiger partial charge in [0, 0.05) is 12.5 Å². The second-order valence-electron chi connectivity index (χ2n) is 7.72. The van der Waals surface area contributed by atoms with E-state index < -0.39 is 18.0 Å². The van der Waals surface area contributed by atoms with Crippen molar-refractivity contribution in [3.8, 4) is 5.75 Å². The summed E-state index contributed by atoms with van der Waals surface area (Å²) in [6.07, 6.45) is 2.81. The van der Waals surface area contributed by atoms with Crippen molar-refractivity contribution in [2.45, 2.75) is 56.5 Å². The zero-order valence-electron chi connectivity index (χ0n) is 16.1. The summed E-state index contributed by atoms with van der Waals surface area (Å²) in [6, 6.07) is 7.35. The number of aliphatic hydroxyl groups is 2. The van der Waals surface area contributed by atoms with E-state index in [4.69, 9.17) is 9.47 Å². The van der Waals surface area contributed by atoms with Gasteiger partial charge in [-0.15, -0.1) is 0 Å². The van der Waals surface area contributed by atoms with Crippen LogP contribution in [0.2, 0.25) is 0 Å². The van der Waals surface area contributed by atoms with Crippen LogP contribution in [0.4, 0.5) is 10.2 Å². The third-order valence-corrected chi connectivity index (χ3v) is 5.39. The van der Waals surface area contributed by atoms with Crippen LogP contribution in [0.1, 0.15) is 37.1 Å². The molecule has 1 fully saturated rings. The molecule has 6 bridgehead atoms. The van der Waals surface area contributed by atoms with Gasteiger partial charge in [0.15, 0.2) is 11.6 Å². The second-order valence-corrected chi connectivity index (χ2v) is 7.72. The molecule has 4 atom stereocenters. The van der Waals surface area contributed by atoms with Gasteiger partial charge in [0.25, 0.3) is 0 Å². The maximum Gasteiger partial charge on any atom is 0.183 e. The number of benzene rings is 1. The molecule has 7 nitrogen and oxygen atoms in total. The highest BCUT2D eigenvalue weighted by Gasteiger charge is 2.26. The van der Waals surface area contributed by atoms with Crippen LogP contribution in [0.3, 0.4) is 0 Å². The molecule has 1 saturated carbocycles. The first kappa shape index (κ1) is 20.0. The fourth-order valence-corrected chi connectivity index (χ4v) is 3.78. The van der Waals surface area contributed by atoms with Gasteiger partial charge < -0.3 is 25.0 Å². The summed E-state index contributed by atoms with van der Waals surface area (Å²) in [4.78, 5) is 8.50. The van der Waals surface area contributed by atoms with Gasteiger partial charge in [0.2, 0.25) is 0 Å². The zero-order chi connectivity index (χ0) is 20.2. The Labute approximate surface area is 168 Å². The van der Waals surface area contributed by atoms with E-state index in [1.165, 1.54) is 6.20 Å². The van der Waals surface area contributed by atoms with Crippen molar-refractivity contribution in [3.63, 3.8) is 0 Å². The molecule has 156 valence electrons. The molecule has 29 heavy (non-hydrogen) atoms. The van der Waals surface area contributed by atoms with E-state index in [9.17, 15) is 14.6 Å². The van der Waals surface area contributed by atoms with Crippen LogP contribution in [-0.4, -0.2) is 57.7 Å². The Balaban J connectivity index is 1.60. The molecule has 4 rings (SSSR count). The van der Waals surface area contributed by atoms with Crippen molar-refractivity contribution in [2.24, 2.45) is 0 Å². The highest BCUT2D eigenvalue weighted by atomic mass is 19.1. The van der Waals surface area contributed by atoms with E-state index in [1.54, 1.807) is 6.07 Å². The van der Waals surface area contributed by atoms with E-state index in [-0.39, 0.29) is 31.2 Å². The van der Waals surface area contributed by atoms with Gasteiger partial charge >= 0.3 is 0 Å². The number of halogens is 1. The predicted molar refractivity (Wildman–Crippen MR) is 104 cm³/mol. The van der Waals surface area contributed by atoms with Gasteiger partial charge in [-0.05, 0) is 43.4 Å². The highest BCUT2D eigenvalue weighted by Crippen LogP contribution is 2.25. The summed E-state index contributed by atoms with van der Waals surface area (Å²) in [5.74, 6) is 0.794. The molecule has 3 N–H and O–H groups in total. The maximum atomic E-state index is 14.3. The Kier molecular flexibility index (Phi) is 6.22. The molecule has 0 radical (unpaired) electrons. The number of hydrogen-bond donors (Lipinski definition) is 3. The van der Waals surface area contributed by atoms with Crippen LogP contribution in [-0.2, 0) is 11.2 Å². The van der Waals surface area contributed by atoms with Crippen molar-refractivity contribution in [1.82, 2.24) is 9.97 Å². The third-order valence-electron chi connectivity index (χ3n) is 5.39. The lowest BCUT2D eigenvalue weighted by Gasteiger charge is -2.31. The Morgan fingerprint density at radius 3 is 2.90 bits per heavy atom. The summed E-state index contributed by atoms with van der Waals surface area (Å²) in [5, 5.41) is 23.6. The lowest BCUT2D eigenvalue weighted by Crippen LogP contribution is -2.38. The first-order valence-corrected chi connectivity index (χ1v) is 10.0. The minimum Gasteiger partial charge on any atom is -0.491 e. The van der Waals surface area contributed by atoms with Gasteiger partial charge in [-0.2, -0.15) is 0 Å². The normalized spacial score (nSPS) is 28.0.